The number of hydrazine groups is 1. The van der Waals surface area contributed by atoms with E-state index in [0.29, 0.717) is 32.4 Å². The molecule has 5 atom stereocenters. The number of ether oxygens (including phenoxy) is 1. The maximum atomic E-state index is 12.7. The molecular formula is C20H29N5O4. The number of carbonyl (C=O) groups excluding carboxylic acids is 1. The molecule has 1 saturated carbocycles. The van der Waals surface area contributed by atoms with Crippen molar-refractivity contribution in [2.75, 3.05) is 26.2 Å². The highest BCUT2D eigenvalue weighted by atomic mass is 16.6. The molecule has 0 radical (unpaired) electrons. The summed E-state index contributed by atoms with van der Waals surface area (Å²) < 4.78 is 5.83. The van der Waals surface area contributed by atoms with E-state index in [2.05, 4.69) is 33.2 Å². The van der Waals surface area contributed by atoms with Crippen LogP contribution in [-0.4, -0.2) is 66.2 Å². The molecule has 1 aromatic rings. The van der Waals surface area contributed by atoms with Crippen LogP contribution in [0.3, 0.4) is 0 Å². The molecule has 0 aromatic heterocycles. The molecule has 0 spiro atoms. The molecule has 3 fully saturated rings. The van der Waals surface area contributed by atoms with Gasteiger partial charge in [-0.05, 0) is 12.0 Å². The minimum Gasteiger partial charge on any atom is -0.374 e. The molecule has 3 N–H and O–H groups in total. The van der Waals surface area contributed by atoms with Crippen LogP contribution < -0.4 is 16.2 Å². The fourth-order valence-corrected chi connectivity index (χ4v) is 4.70. The van der Waals surface area contributed by atoms with E-state index in [0.717, 1.165) is 19.6 Å². The molecule has 2 aliphatic heterocycles. The lowest BCUT2D eigenvalue weighted by molar-refractivity contribution is -0.528. The van der Waals surface area contributed by atoms with Gasteiger partial charge in [-0.25, -0.2) is 5.43 Å². The smallest absolute Gasteiger partial charge is 0.238 e. The molecule has 4 rings (SSSR count). The van der Waals surface area contributed by atoms with Gasteiger partial charge in [0.25, 0.3) is 0 Å². The zero-order chi connectivity index (χ0) is 20.2. The highest BCUT2D eigenvalue weighted by Gasteiger charge is 2.46. The van der Waals surface area contributed by atoms with Crippen molar-refractivity contribution in [3.05, 3.63) is 46.0 Å². The van der Waals surface area contributed by atoms with Gasteiger partial charge in [-0.1, -0.05) is 30.3 Å². The van der Waals surface area contributed by atoms with Gasteiger partial charge in [-0.15, -0.1) is 0 Å². The average Bonchev–Trinajstić information content (AvgIpc) is 3.16. The number of rotatable bonds is 6. The summed E-state index contributed by atoms with van der Waals surface area (Å²) in [5, 5.41) is 14.1. The summed E-state index contributed by atoms with van der Waals surface area (Å²) in [7, 11) is 0. The summed E-state index contributed by atoms with van der Waals surface area (Å²) in [6.45, 7) is 3.60. The van der Waals surface area contributed by atoms with Crippen LogP contribution in [0.2, 0.25) is 0 Å². The second-order valence-electron chi connectivity index (χ2n) is 8.25. The third-order valence-corrected chi connectivity index (χ3v) is 6.28. The van der Waals surface area contributed by atoms with Crippen LogP contribution in [0.4, 0.5) is 0 Å². The predicted octanol–water partition coefficient (Wildman–Crippen LogP) is 0.294. The predicted molar refractivity (Wildman–Crippen MR) is 106 cm³/mol. The van der Waals surface area contributed by atoms with Crippen LogP contribution in [0, 0.1) is 16.0 Å². The van der Waals surface area contributed by atoms with Gasteiger partial charge >= 0.3 is 0 Å². The summed E-state index contributed by atoms with van der Waals surface area (Å²) in [5.74, 6) is -0.168. The number of carbonyl (C=O) groups is 1. The first-order valence-corrected chi connectivity index (χ1v) is 10.4. The van der Waals surface area contributed by atoms with E-state index >= 15 is 0 Å². The molecule has 1 amide bonds. The zero-order valence-electron chi connectivity index (χ0n) is 16.5. The minimum absolute atomic E-state index is 0.0546. The second kappa shape index (κ2) is 9.17. The summed E-state index contributed by atoms with van der Waals surface area (Å²) in [4.78, 5) is 26.0. The van der Waals surface area contributed by atoms with E-state index in [4.69, 9.17) is 4.74 Å². The molecule has 1 aromatic carbocycles. The van der Waals surface area contributed by atoms with Crippen molar-refractivity contribution in [2.24, 2.45) is 5.92 Å². The second-order valence-corrected chi connectivity index (χ2v) is 8.25. The van der Waals surface area contributed by atoms with Crippen molar-refractivity contribution in [2.45, 2.75) is 50.0 Å². The van der Waals surface area contributed by atoms with E-state index in [1.165, 1.54) is 5.56 Å². The molecule has 2 saturated heterocycles. The number of morpholine rings is 1. The maximum absolute atomic E-state index is 12.7. The number of nitro groups is 1. The lowest BCUT2D eigenvalue weighted by Crippen LogP contribution is -2.51. The Hall–Kier alpha value is -2.07. The summed E-state index contributed by atoms with van der Waals surface area (Å²) >= 11 is 0. The molecular weight excluding hydrogens is 374 g/mol. The lowest BCUT2D eigenvalue weighted by Gasteiger charge is -2.33. The van der Waals surface area contributed by atoms with E-state index in [-0.39, 0.29) is 28.9 Å². The fraction of sp³-hybridized carbons (Fsp3) is 0.650. The Balaban J connectivity index is 1.26. The number of nitrogens with zero attached hydrogens (tertiary/aromatic N) is 2. The van der Waals surface area contributed by atoms with E-state index < -0.39 is 12.1 Å². The third kappa shape index (κ3) is 4.92. The summed E-state index contributed by atoms with van der Waals surface area (Å²) in [6.07, 6.45) is 1.65. The Morgan fingerprint density at radius 1 is 1.28 bits per heavy atom. The standard InChI is InChI=1S/C20H29N5O4/c26-20(19-17-10-15(25(27)28)6-7-18(17)22-23-19)21-11-16-13-24(8-9-29-16)12-14-4-2-1-3-5-14/h1-5,15-19,22-23H,6-13H2,(H,21,26). The Bertz CT molecular complexity index is 718. The lowest BCUT2D eigenvalue weighted by atomic mass is 9.79. The molecule has 158 valence electrons. The Morgan fingerprint density at radius 2 is 2.10 bits per heavy atom. The van der Waals surface area contributed by atoms with Gasteiger partial charge in [0.15, 0.2) is 0 Å². The normalized spacial score (nSPS) is 32.5. The van der Waals surface area contributed by atoms with Crippen molar-refractivity contribution in [1.29, 1.82) is 0 Å². The van der Waals surface area contributed by atoms with Gasteiger partial charge < -0.3 is 10.1 Å². The average molecular weight is 403 g/mol. The topological polar surface area (TPSA) is 109 Å². The van der Waals surface area contributed by atoms with Gasteiger partial charge in [0.1, 0.15) is 6.04 Å². The molecule has 3 aliphatic rings. The number of nitrogens with one attached hydrogen (secondary N) is 3. The Labute approximate surface area is 170 Å². The van der Waals surface area contributed by atoms with Crippen molar-refractivity contribution in [1.82, 2.24) is 21.1 Å². The molecule has 9 heteroatoms. The van der Waals surface area contributed by atoms with Crippen LogP contribution in [0.25, 0.3) is 0 Å². The monoisotopic (exact) mass is 403 g/mol. The van der Waals surface area contributed by atoms with Crippen molar-refractivity contribution in [3.63, 3.8) is 0 Å². The number of hydrogen-bond donors (Lipinski definition) is 3. The van der Waals surface area contributed by atoms with Crippen LogP contribution >= 0.6 is 0 Å². The van der Waals surface area contributed by atoms with E-state index in [1.54, 1.807) is 0 Å². The first kappa shape index (κ1) is 20.2. The van der Waals surface area contributed by atoms with Gasteiger partial charge in [-0.2, -0.15) is 0 Å². The number of hydrogen-bond acceptors (Lipinski definition) is 7. The van der Waals surface area contributed by atoms with Crippen LogP contribution in [-0.2, 0) is 16.1 Å². The SMILES string of the molecule is O=C(NCC1CN(Cc2ccccc2)CCO1)C1NNC2CCC([N+](=O)[O-])CC21. The van der Waals surface area contributed by atoms with Crippen LogP contribution in [0.15, 0.2) is 30.3 Å². The number of benzene rings is 1. The van der Waals surface area contributed by atoms with Crippen LogP contribution in [0.5, 0.6) is 0 Å². The summed E-state index contributed by atoms with van der Waals surface area (Å²) in [5.41, 5.74) is 7.47. The van der Waals surface area contributed by atoms with Crippen molar-refractivity contribution >= 4 is 5.91 Å². The van der Waals surface area contributed by atoms with Gasteiger partial charge in [0.2, 0.25) is 11.9 Å². The first-order chi connectivity index (χ1) is 14.1. The highest BCUT2D eigenvalue weighted by molar-refractivity contribution is 5.82. The van der Waals surface area contributed by atoms with E-state index in [1.807, 2.05) is 18.2 Å². The van der Waals surface area contributed by atoms with Crippen LogP contribution in [0.1, 0.15) is 24.8 Å². The molecule has 9 nitrogen and oxygen atoms in total. The molecule has 29 heavy (non-hydrogen) atoms. The van der Waals surface area contributed by atoms with Gasteiger partial charge in [0.05, 0.1) is 12.7 Å². The number of fused-ring (bicyclic) bond motifs is 1. The molecule has 1 aliphatic carbocycles. The molecule has 5 unspecified atom stereocenters. The minimum atomic E-state index is -0.554. The largest absolute Gasteiger partial charge is 0.374 e. The molecule has 2 heterocycles. The summed E-state index contributed by atoms with van der Waals surface area (Å²) in [6, 6.07) is 9.45. The maximum Gasteiger partial charge on any atom is 0.238 e. The van der Waals surface area contributed by atoms with Gasteiger partial charge in [0, 0.05) is 55.9 Å². The quantitative estimate of drug-likeness (QED) is 0.463. The fourth-order valence-electron chi connectivity index (χ4n) is 4.70. The Kier molecular flexibility index (Phi) is 6.39. The first-order valence-electron chi connectivity index (χ1n) is 10.4. The van der Waals surface area contributed by atoms with Crippen molar-refractivity contribution < 1.29 is 14.5 Å². The molecule has 0 bridgehead atoms. The van der Waals surface area contributed by atoms with E-state index in [9.17, 15) is 14.9 Å². The highest BCUT2D eigenvalue weighted by Crippen LogP contribution is 2.31. The third-order valence-electron chi connectivity index (χ3n) is 6.28. The zero-order valence-corrected chi connectivity index (χ0v) is 16.5. The number of amides is 1. The van der Waals surface area contributed by atoms with Gasteiger partial charge in [-0.3, -0.25) is 25.2 Å². The van der Waals surface area contributed by atoms with Crippen molar-refractivity contribution in [3.8, 4) is 0 Å². The Morgan fingerprint density at radius 3 is 2.90 bits per heavy atom.